The van der Waals surface area contributed by atoms with Gasteiger partial charge in [0.15, 0.2) is 0 Å². The number of anilines is 1. The van der Waals surface area contributed by atoms with Gasteiger partial charge in [0.05, 0.1) is 18.7 Å². The summed E-state index contributed by atoms with van der Waals surface area (Å²) in [7, 11) is 0. The van der Waals surface area contributed by atoms with Gasteiger partial charge in [-0.2, -0.15) is 0 Å². The van der Waals surface area contributed by atoms with E-state index in [4.69, 9.17) is 0 Å². The molecule has 1 atom stereocenters. The molecule has 0 radical (unpaired) electrons. The molecule has 22 heavy (non-hydrogen) atoms. The molecule has 0 bridgehead atoms. The normalized spacial score (nSPS) is 18.2. The average molecular weight is 316 g/mol. The SMILES string of the molecule is Cc1ccsc1CNC(=O)C1CCCN(c2cnccn2)C1. The van der Waals surface area contributed by atoms with Crippen LogP contribution in [0.4, 0.5) is 5.82 Å². The summed E-state index contributed by atoms with van der Waals surface area (Å²) in [6.07, 6.45) is 7.06. The van der Waals surface area contributed by atoms with E-state index in [1.54, 1.807) is 29.9 Å². The number of carbonyl (C=O) groups excluding carboxylic acids is 1. The van der Waals surface area contributed by atoms with E-state index in [1.807, 2.05) is 0 Å². The maximum Gasteiger partial charge on any atom is 0.225 e. The smallest absolute Gasteiger partial charge is 0.225 e. The number of aromatic nitrogens is 2. The zero-order valence-electron chi connectivity index (χ0n) is 12.7. The molecule has 1 unspecified atom stereocenters. The lowest BCUT2D eigenvalue weighted by Crippen LogP contribution is -2.43. The molecular weight excluding hydrogens is 296 g/mol. The van der Waals surface area contributed by atoms with Crippen molar-refractivity contribution in [1.29, 1.82) is 0 Å². The molecule has 1 aliphatic rings. The van der Waals surface area contributed by atoms with Crippen molar-refractivity contribution in [2.75, 3.05) is 18.0 Å². The van der Waals surface area contributed by atoms with Crippen LogP contribution in [-0.4, -0.2) is 29.0 Å². The minimum atomic E-state index is 0.0241. The molecule has 1 fully saturated rings. The Hall–Kier alpha value is -1.95. The van der Waals surface area contributed by atoms with E-state index in [0.29, 0.717) is 13.1 Å². The molecule has 0 aromatic carbocycles. The third-order valence-corrected chi connectivity index (χ3v) is 5.08. The van der Waals surface area contributed by atoms with Crippen LogP contribution in [0.3, 0.4) is 0 Å². The molecule has 2 aromatic heterocycles. The van der Waals surface area contributed by atoms with E-state index in [9.17, 15) is 4.79 Å². The molecule has 3 heterocycles. The number of nitrogens with zero attached hydrogens (tertiary/aromatic N) is 3. The second-order valence-corrected chi connectivity index (χ2v) is 6.59. The highest BCUT2D eigenvalue weighted by Crippen LogP contribution is 2.21. The standard InChI is InChI=1S/C16H20N4OS/c1-12-4-8-22-14(12)9-19-16(21)13-3-2-7-20(11-13)15-10-17-5-6-18-15/h4-6,8,10,13H,2-3,7,9,11H2,1H3,(H,19,21). The predicted octanol–water partition coefficient (Wildman–Crippen LogP) is 2.38. The first-order valence-electron chi connectivity index (χ1n) is 7.55. The maximum atomic E-state index is 12.4. The summed E-state index contributed by atoms with van der Waals surface area (Å²) in [5.74, 6) is 1.02. The van der Waals surface area contributed by atoms with Gasteiger partial charge in [-0.1, -0.05) is 0 Å². The van der Waals surface area contributed by atoms with Crippen LogP contribution < -0.4 is 10.2 Å². The number of rotatable bonds is 4. The van der Waals surface area contributed by atoms with Gasteiger partial charge in [0.2, 0.25) is 5.91 Å². The lowest BCUT2D eigenvalue weighted by molar-refractivity contribution is -0.125. The number of hydrogen-bond donors (Lipinski definition) is 1. The molecule has 5 nitrogen and oxygen atoms in total. The molecule has 116 valence electrons. The van der Waals surface area contributed by atoms with Gasteiger partial charge in [-0.05, 0) is 36.8 Å². The molecule has 1 amide bonds. The van der Waals surface area contributed by atoms with Crippen LogP contribution in [0.15, 0.2) is 30.0 Å². The number of carbonyl (C=O) groups is 1. The van der Waals surface area contributed by atoms with Gasteiger partial charge < -0.3 is 10.2 Å². The summed E-state index contributed by atoms with van der Waals surface area (Å²) in [6, 6.07) is 2.09. The number of amides is 1. The zero-order chi connectivity index (χ0) is 15.4. The van der Waals surface area contributed by atoms with Crippen molar-refractivity contribution in [1.82, 2.24) is 15.3 Å². The fourth-order valence-corrected chi connectivity index (χ4v) is 3.60. The fourth-order valence-electron chi connectivity index (χ4n) is 2.75. The molecule has 2 aromatic rings. The molecular formula is C16H20N4OS. The predicted molar refractivity (Wildman–Crippen MR) is 87.9 cm³/mol. The van der Waals surface area contributed by atoms with Crippen LogP contribution in [-0.2, 0) is 11.3 Å². The van der Waals surface area contributed by atoms with Crippen LogP contribution >= 0.6 is 11.3 Å². The number of nitrogens with one attached hydrogen (secondary N) is 1. The highest BCUT2D eigenvalue weighted by atomic mass is 32.1. The first kappa shape index (κ1) is 15.0. The summed E-state index contributed by atoms with van der Waals surface area (Å²) in [6.45, 7) is 4.36. The largest absolute Gasteiger partial charge is 0.355 e. The maximum absolute atomic E-state index is 12.4. The van der Waals surface area contributed by atoms with Crippen LogP contribution in [0, 0.1) is 12.8 Å². The average Bonchev–Trinajstić information content (AvgIpc) is 2.99. The van der Waals surface area contributed by atoms with Crippen molar-refractivity contribution < 1.29 is 4.79 Å². The summed E-state index contributed by atoms with van der Waals surface area (Å²) in [4.78, 5) is 24.2. The Morgan fingerprint density at radius 2 is 2.41 bits per heavy atom. The van der Waals surface area contributed by atoms with Crippen molar-refractivity contribution in [3.8, 4) is 0 Å². The Morgan fingerprint density at radius 1 is 1.50 bits per heavy atom. The van der Waals surface area contributed by atoms with Gasteiger partial charge in [0.25, 0.3) is 0 Å². The van der Waals surface area contributed by atoms with Crippen LogP contribution in [0.2, 0.25) is 0 Å². The third-order valence-electron chi connectivity index (χ3n) is 4.06. The van der Waals surface area contributed by atoms with Crippen molar-refractivity contribution in [2.24, 2.45) is 5.92 Å². The monoisotopic (exact) mass is 316 g/mol. The first-order valence-corrected chi connectivity index (χ1v) is 8.43. The van der Waals surface area contributed by atoms with E-state index in [1.165, 1.54) is 10.4 Å². The van der Waals surface area contributed by atoms with Gasteiger partial charge in [-0.25, -0.2) is 4.98 Å². The van der Waals surface area contributed by atoms with Crippen molar-refractivity contribution in [2.45, 2.75) is 26.3 Å². The van der Waals surface area contributed by atoms with Crippen molar-refractivity contribution >= 4 is 23.1 Å². The van der Waals surface area contributed by atoms with Gasteiger partial charge >= 0.3 is 0 Å². The second-order valence-electron chi connectivity index (χ2n) is 5.59. The van der Waals surface area contributed by atoms with Gasteiger partial charge in [-0.3, -0.25) is 9.78 Å². The summed E-state index contributed by atoms with van der Waals surface area (Å²) in [5.41, 5.74) is 1.25. The number of piperidine rings is 1. The first-order chi connectivity index (χ1) is 10.7. The van der Waals surface area contributed by atoms with E-state index in [2.05, 4.69) is 38.6 Å². The van der Waals surface area contributed by atoms with E-state index in [0.717, 1.165) is 25.2 Å². The van der Waals surface area contributed by atoms with Gasteiger partial charge in [-0.15, -0.1) is 11.3 Å². The Labute approximate surface area is 134 Å². The summed E-state index contributed by atoms with van der Waals surface area (Å²) < 4.78 is 0. The lowest BCUT2D eigenvalue weighted by atomic mass is 9.97. The lowest BCUT2D eigenvalue weighted by Gasteiger charge is -2.32. The molecule has 1 saturated heterocycles. The number of aryl methyl sites for hydroxylation is 1. The molecule has 6 heteroatoms. The minimum absolute atomic E-state index is 0.0241. The minimum Gasteiger partial charge on any atom is -0.355 e. The Balaban J connectivity index is 1.57. The number of thiophene rings is 1. The third kappa shape index (κ3) is 3.44. The van der Waals surface area contributed by atoms with Crippen molar-refractivity contribution in [3.63, 3.8) is 0 Å². The topological polar surface area (TPSA) is 58.1 Å². The van der Waals surface area contributed by atoms with Gasteiger partial charge in [0, 0.05) is 30.4 Å². The summed E-state index contributed by atoms with van der Waals surface area (Å²) >= 11 is 1.69. The molecule has 1 aliphatic heterocycles. The van der Waals surface area contributed by atoms with Crippen molar-refractivity contribution in [3.05, 3.63) is 40.5 Å². The van der Waals surface area contributed by atoms with Gasteiger partial charge in [0.1, 0.15) is 5.82 Å². The van der Waals surface area contributed by atoms with Crippen LogP contribution in [0.5, 0.6) is 0 Å². The Kier molecular flexibility index (Phi) is 4.68. The molecule has 0 aliphatic carbocycles. The quantitative estimate of drug-likeness (QED) is 0.941. The Morgan fingerprint density at radius 3 is 3.14 bits per heavy atom. The molecule has 0 spiro atoms. The molecule has 1 N–H and O–H groups in total. The molecule has 3 rings (SSSR count). The van der Waals surface area contributed by atoms with E-state index in [-0.39, 0.29) is 11.8 Å². The second kappa shape index (κ2) is 6.87. The fraction of sp³-hybridized carbons (Fsp3) is 0.438. The Bertz CT molecular complexity index is 628. The zero-order valence-corrected chi connectivity index (χ0v) is 13.5. The van der Waals surface area contributed by atoms with Crippen LogP contribution in [0.1, 0.15) is 23.3 Å². The highest BCUT2D eigenvalue weighted by Gasteiger charge is 2.26. The molecule has 0 saturated carbocycles. The van der Waals surface area contributed by atoms with E-state index >= 15 is 0 Å². The summed E-state index contributed by atoms with van der Waals surface area (Å²) in [5, 5.41) is 5.14. The van der Waals surface area contributed by atoms with Crippen LogP contribution in [0.25, 0.3) is 0 Å². The van der Waals surface area contributed by atoms with E-state index < -0.39 is 0 Å². The highest BCUT2D eigenvalue weighted by molar-refractivity contribution is 7.10. The number of hydrogen-bond acceptors (Lipinski definition) is 5.